The fourth-order valence-corrected chi connectivity index (χ4v) is 3.31. The largest absolute Gasteiger partial charge is 0.381 e. The van der Waals surface area contributed by atoms with Gasteiger partial charge in [-0.15, -0.1) is 11.3 Å². The molecule has 0 amide bonds. The van der Waals surface area contributed by atoms with Gasteiger partial charge in [0.2, 0.25) is 0 Å². The molecule has 0 saturated carbocycles. The van der Waals surface area contributed by atoms with Gasteiger partial charge in [-0.2, -0.15) is 0 Å². The molecule has 3 rings (SSSR count). The van der Waals surface area contributed by atoms with Gasteiger partial charge in [-0.25, -0.2) is 4.98 Å². The summed E-state index contributed by atoms with van der Waals surface area (Å²) in [5.74, 6) is 0. The second-order valence-electron chi connectivity index (χ2n) is 4.48. The van der Waals surface area contributed by atoms with Crippen LogP contribution >= 0.6 is 27.3 Å². The van der Waals surface area contributed by atoms with Crippen LogP contribution in [0.1, 0.15) is 11.1 Å². The van der Waals surface area contributed by atoms with Gasteiger partial charge in [0, 0.05) is 16.7 Å². The topological polar surface area (TPSA) is 24.9 Å². The van der Waals surface area contributed by atoms with E-state index in [1.165, 1.54) is 15.8 Å². The van der Waals surface area contributed by atoms with Crippen LogP contribution in [0.3, 0.4) is 0 Å². The van der Waals surface area contributed by atoms with Crippen LogP contribution in [-0.2, 0) is 6.54 Å². The maximum absolute atomic E-state index is 4.29. The second kappa shape index (κ2) is 5.31. The van der Waals surface area contributed by atoms with Gasteiger partial charge >= 0.3 is 0 Å². The van der Waals surface area contributed by atoms with Crippen molar-refractivity contribution in [2.75, 3.05) is 5.32 Å². The van der Waals surface area contributed by atoms with E-state index in [1.54, 1.807) is 11.3 Å². The smallest absolute Gasteiger partial charge is 0.0813 e. The molecule has 0 aliphatic carbocycles. The lowest BCUT2D eigenvalue weighted by Gasteiger charge is -2.09. The molecule has 0 radical (unpaired) electrons. The third kappa shape index (κ3) is 2.80. The number of aryl methyl sites for hydroxylation is 1. The van der Waals surface area contributed by atoms with Gasteiger partial charge in [0.15, 0.2) is 0 Å². The fraction of sp³-hybridized carbons (Fsp3) is 0.133. The van der Waals surface area contributed by atoms with Crippen LogP contribution in [0.25, 0.3) is 10.2 Å². The molecule has 19 heavy (non-hydrogen) atoms. The molecule has 0 unspecified atom stereocenters. The summed E-state index contributed by atoms with van der Waals surface area (Å²) >= 11 is 5.27. The molecule has 2 aromatic carbocycles. The average Bonchev–Trinajstić information content (AvgIpc) is 2.85. The highest BCUT2D eigenvalue weighted by Crippen LogP contribution is 2.23. The van der Waals surface area contributed by atoms with Gasteiger partial charge in [0.05, 0.1) is 15.7 Å². The highest BCUT2D eigenvalue weighted by Gasteiger charge is 2.02. The zero-order valence-corrected chi connectivity index (χ0v) is 12.9. The monoisotopic (exact) mass is 332 g/mol. The SMILES string of the molecule is Cc1ccc(CNc2ccc3ncsc3c2)c(Br)c1. The van der Waals surface area contributed by atoms with E-state index in [-0.39, 0.29) is 0 Å². The molecule has 2 nitrogen and oxygen atoms in total. The summed E-state index contributed by atoms with van der Waals surface area (Å²) in [6.07, 6.45) is 0. The molecular formula is C15H13BrN2S. The molecule has 1 heterocycles. The molecule has 0 saturated heterocycles. The van der Waals surface area contributed by atoms with Crippen molar-refractivity contribution in [3.05, 3.63) is 57.5 Å². The Hall–Kier alpha value is -1.39. The maximum Gasteiger partial charge on any atom is 0.0813 e. The Morgan fingerprint density at radius 1 is 1.21 bits per heavy atom. The third-order valence-electron chi connectivity index (χ3n) is 3.02. The first-order valence-electron chi connectivity index (χ1n) is 6.04. The van der Waals surface area contributed by atoms with Crippen LogP contribution in [0.15, 0.2) is 46.4 Å². The molecule has 4 heteroatoms. The predicted molar refractivity (Wildman–Crippen MR) is 85.8 cm³/mol. The summed E-state index contributed by atoms with van der Waals surface area (Å²) in [5, 5.41) is 3.45. The summed E-state index contributed by atoms with van der Waals surface area (Å²) in [6, 6.07) is 12.7. The zero-order chi connectivity index (χ0) is 13.2. The van der Waals surface area contributed by atoms with Crippen molar-refractivity contribution in [3.8, 4) is 0 Å². The van der Waals surface area contributed by atoms with Crippen molar-refractivity contribution in [2.45, 2.75) is 13.5 Å². The average molecular weight is 333 g/mol. The Morgan fingerprint density at radius 2 is 2.11 bits per heavy atom. The molecule has 0 aliphatic rings. The number of hydrogen-bond donors (Lipinski definition) is 1. The van der Waals surface area contributed by atoms with Crippen molar-refractivity contribution >= 4 is 43.2 Å². The van der Waals surface area contributed by atoms with Crippen molar-refractivity contribution in [3.63, 3.8) is 0 Å². The number of rotatable bonds is 3. The van der Waals surface area contributed by atoms with Crippen molar-refractivity contribution in [2.24, 2.45) is 0 Å². The van der Waals surface area contributed by atoms with Crippen LogP contribution in [0.2, 0.25) is 0 Å². The van der Waals surface area contributed by atoms with Gasteiger partial charge in [-0.05, 0) is 42.3 Å². The third-order valence-corrected chi connectivity index (χ3v) is 4.55. The van der Waals surface area contributed by atoms with Crippen LogP contribution in [0.4, 0.5) is 5.69 Å². The molecule has 0 bridgehead atoms. The summed E-state index contributed by atoms with van der Waals surface area (Å²) in [6.45, 7) is 2.91. The molecule has 0 fully saturated rings. The lowest BCUT2D eigenvalue weighted by Crippen LogP contribution is -2.00. The van der Waals surface area contributed by atoms with Crippen LogP contribution in [-0.4, -0.2) is 4.98 Å². The van der Waals surface area contributed by atoms with E-state index in [2.05, 4.69) is 69.6 Å². The first kappa shape index (κ1) is 12.6. The van der Waals surface area contributed by atoms with Crippen LogP contribution in [0.5, 0.6) is 0 Å². The van der Waals surface area contributed by atoms with Crippen LogP contribution < -0.4 is 5.32 Å². The number of nitrogens with one attached hydrogen (secondary N) is 1. The molecule has 0 aliphatic heterocycles. The summed E-state index contributed by atoms with van der Waals surface area (Å²) in [4.78, 5) is 4.29. The number of aromatic nitrogens is 1. The van der Waals surface area contributed by atoms with Crippen molar-refractivity contribution in [1.82, 2.24) is 4.98 Å². The van der Waals surface area contributed by atoms with Crippen molar-refractivity contribution < 1.29 is 0 Å². The zero-order valence-electron chi connectivity index (χ0n) is 10.5. The Morgan fingerprint density at radius 3 is 2.95 bits per heavy atom. The lowest BCUT2D eigenvalue weighted by molar-refractivity contribution is 1.13. The minimum atomic E-state index is 0.811. The van der Waals surface area contributed by atoms with Gasteiger partial charge in [0.1, 0.15) is 0 Å². The van der Waals surface area contributed by atoms with Gasteiger partial charge < -0.3 is 5.32 Å². The van der Waals surface area contributed by atoms with E-state index >= 15 is 0 Å². The molecule has 0 spiro atoms. The van der Waals surface area contributed by atoms with Gasteiger partial charge in [-0.1, -0.05) is 28.1 Å². The quantitative estimate of drug-likeness (QED) is 0.731. The minimum absolute atomic E-state index is 0.811. The predicted octanol–water partition coefficient (Wildman–Crippen LogP) is 4.98. The van der Waals surface area contributed by atoms with E-state index < -0.39 is 0 Å². The Balaban J connectivity index is 1.77. The molecule has 3 aromatic rings. The highest BCUT2D eigenvalue weighted by atomic mass is 79.9. The first-order chi connectivity index (χ1) is 9.22. The summed E-state index contributed by atoms with van der Waals surface area (Å²) in [7, 11) is 0. The van der Waals surface area contributed by atoms with E-state index in [9.17, 15) is 0 Å². The normalized spacial score (nSPS) is 10.8. The molecular weight excluding hydrogens is 320 g/mol. The number of hydrogen-bond acceptors (Lipinski definition) is 3. The maximum atomic E-state index is 4.29. The summed E-state index contributed by atoms with van der Waals surface area (Å²) in [5.41, 5.74) is 6.60. The van der Waals surface area contributed by atoms with Crippen LogP contribution in [0, 0.1) is 6.92 Å². The number of nitrogens with zero attached hydrogens (tertiary/aromatic N) is 1. The first-order valence-corrected chi connectivity index (χ1v) is 7.72. The summed E-state index contributed by atoms with van der Waals surface area (Å²) < 4.78 is 2.37. The van der Waals surface area contributed by atoms with E-state index in [4.69, 9.17) is 0 Å². The number of anilines is 1. The van der Waals surface area contributed by atoms with E-state index in [0.717, 1.165) is 22.2 Å². The molecule has 1 N–H and O–H groups in total. The molecule has 0 atom stereocenters. The number of thiazole rings is 1. The second-order valence-corrected chi connectivity index (χ2v) is 6.22. The Labute approximate surface area is 124 Å². The lowest BCUT2D eigenvalue weighted by atomic mass is 10.1. The Kier molecular flexibility index (Phi) is 3.53. The standard InChI is InChI=1S/C15H13BrN2S/c1-10-2-3-11(13(16)6-10)8-17-12-4-5-14-15(7-12)19-9-18-14/h2-7,9,17H,8H2,1H3. The van der Waals surface area contributed by atoms with Crippen molar-refractivity contribution in [1.29, 1.82) is 0 Å². The minimum Gasteiger partial charge on any atom is -0.381 e. The highest BCUT2D eigenvalue weighted by molar-refractivity contribution is 9.10. The van der Waals surface area contributed by atoms with Gasteiger partial charge in [0.25, 0.3) is 0 Å². The number of benzene rings is 2. The molecule has 1 aromatic heterocycles. The fourth-order valence-electron chi connectivity index (χ4n) is 1.96. The Bertz CT molecular complexity index is 721. The number of halogens is 1. The molecule has 96 valence electrons. The van der Waals surface area contributed by atoms with Gasteiger partial charge in [-0.3, -0.25) is 0 Å². The number of fused-ring (bicyclic) bond motifs is 1. The van der Waals surface area contributed by atoms with E-state index in [1.807, 2.05) is 5.51 Å². The van der Waals surface area contributed by atoms with E-state index in [0.29, 0.717) is 0 Å².